The third-order valence-electron chi connectivity index (χ3n) is 15.2. The van der Waals surface area contributed by atoms with Crippen molar-refractivity contribution in [1.29, 1.82) is 0 Å². The van der Waals surface area contributed by atoms with Crippen LogP contribution in [-0.2, 0) is 68.8 Å². The third kappa shape index (κ3) is 29.3. The number of ketones is 2. The summed E-state index contributed by atoms with van der Waals surface area (Å²) in [6, 6.07) is 18.4. The van der Waals surface area contributed by atoms with Crippen molar-refractivity contribution in [2.45, 2.75) is 285 Å². The van der Waals surface area contributed by atoms with Crippen LogP contribution in [-0.4, -0.2) is 107 Å². The van der Waals surface area contributed by atoms with E-state index in [-0.39, 0.29) is 29.4 Å². The van der Waals surface area contributed by atoms with Crippen LogP contribution in [0.1, 0.15) is 245 Å². The van der Waals surface area contributed by atoms with Crippen molar-refractivity contribution in [3.05, 3.63) is 71.8 Å². The average Bonchev–Trinajstić information content (AvgIpc) is 0.947. The number of methoxy groups -OCH3 is 2. The summed E-state index contributed by atoms with van der Waals surface area (Å²) >= 11 is 0. The molecule has 4 rings (SSSR count). The lowest BCUT2D eigenvalue weighted by Crippen LogP contribution is -2.46. The molecule has 0 bridgehead atoms. The quantitative estimate of drug-likeness (QED) is 0.0348. The molecule has 0 radical (unpaired) electrons. The molecule has 2 fully saturated rings. The lowest BCUT2D eigenvalue weighted by atomic mass is 9.82. The topological polar surface area (TPSA) is 296 Å². The number of unbranched alkanes of at least 4 members (excludes halogenated alkanes) is 3. The molecule has 2 aliphatic rings. The SMILES string of the molecule is CC(=O)OC(C)(N=NC(C)(OC(C)=O)c1ccccc1)c1ccccc1.CC(C)(N=NC(C)(C)C(=O)NC1CCCCC1)C(=O)CC1CCCCC1.CCCCCC(=O)C(C)(C)N=NC(C)(C)C(=O)NCCCC.COC(=O)C(C)(C)N=NC(C)(C)C(=O)OC. The molecule has 2 aliphatic carbocycles. The molecular weight excluding hydrogens is 1150 g/mol. The predicted molar refractivity (Wildman–Crippen MR) is 347 cm³/mol. The van der Waals surface area contributed by atoms with Gasteiger partial charge in [-0.2, -0.15) is 30.7 Å². The number of amides is 2. The summed E-state index contributed by atoms with van der Waals surface area (Å²) in [6.07, 6.45) is 17.8. The van der Waals surface area contributed by atoms with E-state index in [1.165, 1.54) is 66.6 Å². The minimum Gasteiger partial charge on any atom is -0.467 e. The second-order valence-electron chi connectivity index (χ2n) is 26.5. The fourth-order valence-corrected chi connectivity index (χ4v) is 9.00. The summed E-state index contributed by atoms with van der Waals surface area (Å²) in [5.41, 5.74) is -7.23. The molecule has 22 nitrogen and oxygen atoms in total. The Morgan fingerprint density at radius 2 is 0.811 bits per heavy atom. The molecule has 0 aromatic heterocycles. The number of hydrogen-bond acceptors (Lipinski definition) is 20. The smallest absolute Gasteiger partial charge is 0.335 e. The Kier molecular flexibility index (Phi) is 34.2. The molecule has 2 amide bonds. The fourth-order valence-electron chi connectivity index (χ4n) is 9.00. The second-order valence-corrected chi connectivity index (χ2v) is 26.5. The number of hydrogen-bond donors (Lipinski definition) is 2. The Morgan fingerprint density at radius 3 is 1.20 bits per heavy atom. The van der Waals surface area contributed by atoms with Gasteiger partial charge in [0.05, 0.1) is 14.2 Å². The van der Waals surface area contributed by atoms with Crippen LogP contribution in [0.25, 0.3) is 0 Å². The molecule has 90 heavy (non-hydrogen) atoms. The van der Waals surface area contributed by atoms with Gasteiger partial charge in [-0.3, -0.25) is 28.8 Å². The summed E-state index contributed by atoms with van der Waals surface area (Å²) in [6.45, 7) is 31.0. The van der Waals surface area contributed by atoms with Crippen LogP contribution in [0.4, 0.5) is 0 Å². The summed E-state index contributed by atoms with van der Waals surface area (Å²) in [5, 5.41) is 39.1. The number of rotatable bonds is 28. The molecule has 2 unspecified atom stereocenters. The standard InChI is InChI=1S/C21H37N3O2.C20H22N2O4.C17H33N3O2.C10H18N2O4/c1-20(2,18(25)15-16-11-7-5-8-12-16)23-24-21(3,4)19(26)22-17-13-9-6-10-14-17;1-15(23)25-19(3,17-11-7-5-8-12-17)21-22-20(4,26-16(2)24)18-13-9-6-10-14-18;1-7-9-11-12-14(21)16(3,4)19-20-17(5,6)15(22)18-13-10-8-2;1-9(2,7(13)15-5)11-12-10(3,4)8(14)16-6/h16-17H,5-15H2,1-4H3,(H,22,26);5-14H,1-4H3;7-13H2,1-6H3,(H,18,22);1-6H3. The zero-order chi connectivity index (χ0) is 68.6. The van der Waals surface area contributed by atoms with E-state index in [1.54, 1.807) is 107 Å². The van der Waals surface area contributed by atoms with Crippen molar-refractivity contribution in [1.82, 2.24) is 10.6 Å². The largest absolute Gasteiger partial charge is 0.467 e. The van der Waals surface area contributed by atoms with Gasteiger partial charge in [0, 0.05) is 64.3 Å². The Balaban J connectivity index is 0.000000610. The van der Waals surface area contributed by atoms with Gasteiger partial charge in [-0.05, 0) is 115 Å². The first-order valence-corrected chi connectivity index (χ1v) is 31.9. The number of carbonyl (C=O) groups is 8. The van der Waals surface area contributed by atoms with Crippen LogP contribution < -0.4 is 10.6 Å². The van der Waals surface area contributed by atoms with Crippen LogP contribution in [0.5, 0.6) is 0 Å². The van der Waals surface area contributed by atoms with Crippen molar-refractivity contribution in [3.63, 3.8) is 0 Å². The van der Waals surface area contributed by atoms with Crippen molar-refractivity contribution >= 4 is 47.3 Å². The van der Waals surface area contributed by atoms with Gasteiger partial charge in [-0.25, -0.2) is 9.59 Å². The lowest BCUT2D eigenvalue weighted by Gasteiger charge is -2.28. The van der Waals surface area contributed by atoms with Gasteiger partial charge >= 0.3 is 23.9 Å². The average molecular weight is 1260 g/mol. The fraction of sp³-hybridized carbons (Fsp3) is 0.706. The van der Waals surface area contributed by atoms with Crippen LogP contribution in [0.2, 0.25) is 0 Å². The monoisotopic (exact) mass is 1260 g/mol. The maximum atomic E-state index is 12.7. The Hall–Kier alpha value is -7.00. The zero-order valence-electron chi connectivity index (χ0n) is 58.1. The van der Waals surface area contributed by atoms with Crippen LogP contribution in [0.15, 0.2) is 102 Å². The van der Waals surface area contributed by atoms with Gasteiger partial charge < -0.3 is 29.6 Å². The highest BCUT2D eigenvalue weighted by molar-refractivity contribution is 5.89. The highest BCUT2D eigenvalue weighted by atomic mass is 16.6. The predicted octanol–water partition coefficient (Wildman–Crippen LogP) is 14.7. The van der Waals surface area contributed by atoms with E-state index in [1.807, 2.05) is 50.2 Å². The minimum absolute atomic E-state index is 0.0758. The molecule has 2 aromatic rings. The Bertz CT molecular complexity index is 2530. The summed E-state index contributed by atoms with van der Waals surface area (Å²) < 4.78 is 20.0. The van der Waals surface area contributed by atoms with E-state index in [4.69, 9.17) is 9.47 Å². The van der Waals surface area contributed by atoms with Gasteiger partial charge in [0.2, 0.25) is 23.3 Å². The van der Waals surface area contributed by atoms with E-state index in [2.05, 4.69) is 74.9 Å². The molecule has 2 aromatic carbocycles. The lowest BCUT2D eigenvalue weighted by molar-refractivity contribution is -0.162. The molecule has 2 N–H and O–H groups in total. The molecule has 0 spiro atoms. The number of ether oxygens (including phenoxy) is 4. The van der Waals surface area contributed by atoms with E-state index in [0.717, 1.165) is 57.8 Å². The van der Waals surface area contributed by atoms with Gasteiger partial charge in [0.25, 0.3) is 0 Å². The normalized spacial score (nSPS) is 16.0. The number of nitrogens with one attached hydrogen (secondary N) is 2. The number of esters is 4. The molecule has 0 heterocycles. The summed E-state index contributed by atoms with van der Waals surface area (Å²) in [5.74, 6) is -1.57. The number of nitrogens with zero attached hydrogens (tertiary/aromatic N) is 8. The van der Waals surface area contributed by atoms with Crippen LogP contribution in [0.3, 0.4) is 0 Å². The third-order valence-corrected chi connectivity index (χ3v) is 15.2. The first-order valence-electron chi connectivity index (χ1n) is 31.9. The maximum absolute atomic E-state index is 12.7. The van der Waals surface area contributed by atoms with E-state index >= 15 is 0 Å². The number of carbonyl (C=O) groups excluding carboxylic acids is 8. The number of benzene rings is 2. The van der Waals surface area contributed by atoms with Crippen molar-refractivity contribution in [2.75, 3.05) is 20.8 Å². The van der Waals surface area contributed by atoms with Crippen LogP contribution >= 0.6 is 0 Å². The zero-order valence-corrected chi connectivity index (χ0v) is 58.1. The van der Waals surface area contributed by atoms with Crippen molar-refractivity contribution in [2.24, 2.45) is 46.8 Å². The van der Waals surface area contributed by atoms with E-state index in [9.17, 15) is 38.4 Å². The summed E-state index contributed by atoms with van der Waals surface area (Å²) in [7, 11) is 2.54. The van der Waals surface area contributed by atoms with Gasteiger partial charge in [0.1, 0.15) is 11.1 Å². The second kappa shape index (κ2) is 38.0. The Morgan fingerprint density at radius 1 is 0.444 bits per heavy atom. The number of azo groups is 4. The van der Waals surface area contributed by atoms with E-state index in [0.29, 0.717) is 36.4 Å². The van der Waals surface area contributed by atoms with Crippen LogP contribution in [0, 0.1) is 5.92 Å². The highest BCUT2D eigenvalue weighted by Crippen LogP contribution is 2.34. The molecule has 22 heteroatoms. The molecule has 2 saturated carbocycles. The number of Topliss-reactive ketones (excluding diaryl/α,β-unsaturated/α-hetero) is 2. The van der Waals surface area contributed by atoms with Gasteiger partial charge in [-0.15, -0.1) is 10.2 Å². The maximum Gasteiger partial charge on any atom is 0.335 e. The molecule has 0 saturated heterocycles. The molecular formula is C68H110N10O12. The molecule has 2 atom stereocenters. The minimum atomic E-state index is -1.34. The van der Waals surface area contributed by atoms with Gasteiger partial charge in [0.15, 0.2) is 33.7 Å². The van der Waals surface area contributed by atoms with E-state index < -0.39 is 68.6 Å². The molecule has 504 valence electrons. The summed E-state index contributed by atoms with van der Waals surface area (Å²) in [4.78, 5) is 95.3. The highest BCUT2D eigenvalue weighted by Gasteiger charge is 2.38. The van der Waals surface area contributed by atoms with Crippen molar-refractivity contribution < 1.29 is 57.3 Å². The first kappa shape index (κ1) is 81.0. The molecule has 0 aliphatic heterocycles. The first-order chi connectivity index (χ1) is 41.8. The van der Waals surface area contributed by atoms with Gasteiger partial charge in [-0.1, -0.05) is 145 Å². The Labute approximate surface area is 537 Å². The van der Waals surface area contributed by atoms with Crippen molar-refractivity contribution in [3.8, 4) is 0 Å².